The van der Waals surface area contributed by atoms with Gasteiger partial charge in [0.2, 0.25) is 5.91 Å². The number of morpholine rings is 1. The van der Waals surface area contributed by atoms with E-state index in [4.69, 9.17) is 4.74 Å². The number of hydrogen-bond acceptors (Lipinski definition) is 7. The zero-order valence-electron chi connectivity index (χ0n) is 17.5. The predicted molar refractivity (Wildman–Crippen MR) is 115 cm³/mol. The van der Waals surface area contributed by atoms with Gasteiger partial charge in [0.15, 0.2) is 0 Å². The molecule has 0 spiro atoms. The molecule has 1 atom stereocenters. The molecular formula is C22H24N6O3. The molecule has 9 nitrogen and oxygen atoms in total. The zero-order valence-corrected chi connectivity index (χ0v) is 17.5. The monoisotopic (exact) mass is 420 g/mol. The summed E-state index contributed by atoms with van der Waals surface area (Å²) in [5.74, 6) is 1.75. The topological polar surface area (TPSA) is 113 Å². The van der Waals surface area contributed by atoms with Crippen LogP contribution in [0.3, 0.4) is 0 Å². The van der Waals surface area contributed by atoms with Crippen molar-refractivity contribution >= 4 is 17.5 Å². The van der Waals surface area contributed by atoms with Gasteiger partial charge in [0.1, 0.15) is 23.6 Å². The Morgan fingerprint density at radius 3 is 2.81 bits per heavy atom. The fourth-order valence-electron chi connectivity index (χ4n) is 3.55. The Bertz CT molecular complexity index is 1130. The van der Waals surface area contributed by atoms with Gasteiger partial charge >= 0.3 is 0 Å². The van der Waals surface area contributed by atoms with E-state index >= 15 is 0 Å². The average Bonchev–Trinajstić information content (AvgIpc) is 2.77. The van der Waals surface area contributed by atoms with Crippen molar-refractivity contribution in [3.8, 4) is 0 Å². The second-order valence-corrected chi connectivity index (χ2v) is 7.38. The maximum Gasteiger partial charge on any atom is 0.254 e. The lowest BCUT2D eigenvalue weighted by Gasteiger charge is -2.33. The molecule has 1 amide bonds. The summed E-state index contributed by atoms with van der Waals surface area (Å²) in [6, 6.07) is 11.2. The lowest BCUT2D eigenvalue weighted by atomic mass is 10.1. The summed E-state index contributed by atoms with van der Waals surface area (Å²) in [6.07, 6.45) is 1.37. The first kappa shape index (κ1) is 20.7. The SMILES string of the molecule is Cc1nc(C)c(CC(=O)N2CCO[C@@H](c3cccc(Nc4ccccn4)n3)C2)c(=O)[nH]1. The highest BCUT2D eigenvalue weighted by atomic mass is 16.5. The lowest BCUT2D eigenvalue weighted by molar-refractivity contribution is -0.138. The van der Waals surface area contributed by atoms with Gasteiger partial charge in [-0.15, -0.1) is 0 Å². The highest BCUT2D eigenvalue weighted by Gasteiger charge is 2.27. The molecule has 4 rings (SSSR count). The van der Waals surface area contributed by atoms with E-state index in [1.807, 2.05) is 36.4 Å². The third-order valence-electron chi connectivity index (χ3n) is 5.11. The molecule has 0 unspecified atom stereocenters. The van der Waals surface area contributed by atoms with E-state index in [0.717, 1.165) is 5.69 Å². The van der Waals surface area contributed by atoms with E-state index in [0.29, 0.717) is 48.4 Å². The highest BCUT2D eigenvalue weighted by Crippen LogP contribution is 2.23. The Hall–Kier alpha value is -3.59. The molecule has 3 aromatic rings. The summed E-state index contributed by atoms with van der Waals surface area (Å²) >= 11 is 0. The van der Waals surface area contributed by atoms with E-state index < -0.39 is 0 Å². The Labute approximate surface area is 179 Å². The van der Waals surface area contributed by atoms with E-state index in [2.05, 4.69) is 25.3 Å². The van der Waals surface area contributed by atoms with Crippen LogP contribution in [0, 0.1) is 13.8 Å². The first-order chi connectivity index (χ1) is 15.0. The van der Waals surface area contributed by atoms with Crippen molar-refractivity contribution in [1.82, 2.24) is 24.8 Å². The van der Waals surface area contributed by atoms with Crippen LogP contribution >= 0.6 is 0 Å². The molecule has 9 heteroatoms. The molecule has 160 valence electrons. The molecule has 0 aliphatic carbocycles. The molecule has 3 aromatic heterocycles. The number of nitrogens with zero attached hydrogens (tertiary/aromatic N) is 4. The van der Waals surface area contributed by atoms with Crippen molar-refractivity contribution in [1.29, 1.82) is 0 Å². The lowest BCUT2D eigenvalue weighted by Crippen LogP contribution is -2.43. The zero-order chi connectivity index (χ0) is 21.8. The molecule has 4 heterocycles. The summed E-state index contributed by atoms with van der Waals surface area (Å²) in [4.78, 5) is 42.6. The number of aromatic nitrogens is 4. The average molecular weight is 420 g/mol. The minimum atomic E-state index is -0.348. The van der Waals surface area contributed by atoms with Gasteiger partial charge in [-0.25, -0.2) is 15.0 Å². The summed E-state index contributed by atoms with van der Waals surface area (Å²) in [6.45, 7) is 4.71. The molecule has 1 saturated heterocycles. The number of aryl methyl sites for hydroxylation is 2. The summed E-state index contributed by atoms with van der Waals surface area (Å²) in [5, 5.41) is 3.16. The fourth-order valence-corrected chi connectivity index (χ4v) is 3.55. The van der Waals surface area contributed by atoms with E-state index in [1.165, 1.54) is 0 Å². The number of anilines is 2. The molecule has 1 fully saturated rings. The third-order valence-corrected chi connectivity index (χ3v) is 5.11. The first-order valence-electron chi connectivity index (χ1n) is 10.1. The van der Waals surface area contributed by atoms with Gasteiger partial charge in [-0.05, 0) is 38.1 Å². The van der Waals surface area contributed by atoms with Gasteiger partial charge in [-0.2, -0.15) is 0 Å². The van der Waals surface area contributed by atoms with Gasteiger partial charge in [0, 0.05) is 24.0 Å². The van der Waals surface area contributed by atoms with Crippen molar-refractivity contribution in [3.05, 3.63) is 75.7 Å². The number of amides is 1. The van der Waals surface area contributed by atoms with Crippen LogP contribution in [0.2, 0.25) is 0 Å². The van der Waals surface area contributed by atoms with Crippen molar-refractivity contribution in [2.45, 2.75) is 26.4 Å². The van der Waals surface area contributed by atoms with Crippen LogP contribution in [0.4, 0.5) is 11.6 Å². The van der Waals surface area contributed by atoms with Crippen LogP contribution in [0.15, 0.2) is 47.4 Å². The number of H-pyrrole nitrogens is 1. The molecule has 0 radical (unpaired) electrons. The van der Waals surface area contributed by atoms with Crippen LogP contribution in [0.1, 0.15) is 28.9 Å². The number of hydrogen-bond donors (Lipinski definition) is 2. The largest absolute Gasteiger partial charge is 0.368 e. The minimum Gasteiger partial charge on any atom is -0.368 e. The third kappa shape index (κ3) is 4.95. The van der Waals surface area contributed by atoms with Gasteiger partial charge in [0.25, 0.3) is 5.56 Å². The Balaban J connectivity index is 1.46. The Kier molecular flexibility index (Phi) is 6.03. The molecule has 1 aliphatic heterocycles. The van der Waals surface area contributed by atoms with Crippen LogP contribution in [0.5, 0.6) is 0 Å². The summed E-state index contributed by atoms with van der Waals surface area (Å²) in [7, 11) is 0. The minimum absolute atomic E-state index is 0.00979. The predicted octanol–water partition coefficient (Wildman–Crippen LogP) is 2.06. The molecule has 2 N–H and O–H groups in total. The van der Waals surface area contributed by atoms with Crippen LogP contribution in [0.25, 0.3) is 0 Å². The Morgan fingerprint density at radius 2 is 2.03 bits per heavy atom. The maximum atomic E-state index is 12.9. The van der Waals surface area contributed by atoms with Gasteiger partial charge in [-0.1, -0.05) is 12.1 Å². The van der Waals surface area contributed by atoms with Crippen LogP contribution in [-0.4, -0.2) is 50.4 Å². The van der Waals surface area contributed by atoms with Gasteiger partial charge in [0.05, 0.1) is 25.3 Å². The van der Waals surface area contributed by atoms with Crippen molar-refractivity contribution in [2.24, 2.45) is 0 Å². The van der Waals surface area contributed by atoms with Crippen LogP contribution < -0.4 is 10.9 Å². The van der Waals surface area contributed by atoms with E-state index in [9.17, 15) is 9.59 Å². The van der Waals surface area contributed by atoms with Crippen molar-refractivity contribution in [3.63, 3.8) is 0 Å². The van der Waals surface area contributed by atoms with E-state index in [-0.39, 0.29) is 24.0 Å². The summed E-state index contributed by atoms with van der Waals surface area (Å²) in [5.41, 5.74) is 1.44. The Morgan fingerprint density at radius 1 is 1.19 bits per heavy atom. The number of rotatable bonds is 5. The number of pyridine rings is 2. The second-order valence-electron chi connectivity index (χ2n) is 7.38. The highest BCUT2D eigenvalue weighted by molar-refractivity contribution is 5.79. The standard InChI is InChI=1S/C22H24N6O3/c1-14-16(22(30)25-15(2)24-14)12-21(29)28-10-11-31-18(13-28)17-6-5-8-20(26-17)27-19-7-3-4-9-23-19/h3-9,18H,10-13H2,1-2H3,(H,23,26,27)(H,24,25,30)/t18-/m1/s1. The number of carbonyl (C=O) groups is 1. The quantitative estimate of drug-likeness (QED) is 0.650. The summed E-state index contributed by atoms with van der Waals surface area (Å²) < 4.78 is 5.88. The van der Waals surface area contributed by atoms with Gasteiger partial charge < -0.3 is 19.9 Å². The van der Waals surface area contributed by atoms with Crippen LogP contribution in [-0.2, 0) is 16.0 Å². The number of aromatic amines is 1. The second kappa shape index (κ2) is 9.05. The first-order valence-corrected chi connectivity index (χ1v) is 10.1. The number of carbonyl (C=O) groups excluding carboxylic acids is 1. The number of nitrogens with one attached hydrogen (secondary N) is 2. The number of ether oxygens (including phenoxy) is 1. The molecular weight excluding hydrogens is 396 g/mol. The normalized spacial score (nSPS) is 16.2. The van der Waals surface area contributed by atoms with Gasteiger partial charge in [-0.3, -0.25) is 9.59 Å². The maximum absolute atomic E-state index is 12.9. The van der Waals surface area contributed by atoms with Crippen molar-refractivity contribution in [2.75, 3.05) is 25.0 Å². The molecule has 0 saturated carbocycles. The molecule has 0 bridgehead atoms. The molecule has 0 aromatic carbocycles. The van der Waals surface area contributed by atoms with Crippen molar-refractivity contribution < 1.29 is 9.53 Å². The molecule has 1 aliphatic rings. The van der Waals surface area contributed by atoms with E-state index in [1.54, 1.807) is 24.9 Å². The smallest absolute Gasteiger partial charge is 0.254 e. The molecule has 31 heavy (non-hydrogen) atoms. The fraction of sp³-hybridized carbons (Fsp3) is 0.318.